The van der Waals surface area contributed by atoms with Gasteiger partial charge in [0.2, 0.25) is 5.91 Å². The van der Waals surface area contributed by atoms with Gasteiger partial charge in [0.15, 0.2) is 5.13 Å². The van der Waals surface area contributed by atoms with E-state index >= 15 is 0 Å². The number of nitrogens with zero attached hydrogens (tertiary/aromatic N) is 1. The minimum atomic E-state index is 0.0713. The van der Waals surface area contributed by atoms with E-state index in [4.69, 9.17) is 5.73 Å². The normalized spacial score (nSPS) is 10.8. The zero-order chi connectivity index (χ0) is 12.8. The Kier molecular flexibility index (Phi) is 5.77. The number of hydrogen-bond acceptors (Lipinski definition) is 5. The number of rotatable bonds is 6. The Balaban J connectivity index is 2.26. The summed E-state index contributed by atoms with van der Waals surface area (Å²) < 4.78 is 1.03. The van der Waals surface area contributed by atoms with Crippen LogP contribution in [-0.4, -0.2) is 23.2 Å². The number of aromatic nitrogens is 1. The van der Waals surface area contributed by atoms with E-state index in [1.165, 1.54) is 23.1 Å². The van der Waals surface area contributed by atoms with Gasteiger partial charge in [-0.05, 0) is 19.3 Å². The molecule has 0 fully saturated rings. The molecule has 6 heteroatoms. The summed E-state index contributed by atoms with van der Waals surface area (Å²) >= 11 is 2.93. The summed E-state index contributed by atoms with van der Waals surface area (Å²) in [6.07, 6.45) is 1.02. The first-order valence-electron chi connectivity index (χ1n) is 5.61. The van der Waals surface area contributed by atoms with Crippen molar-refractivity contribution in [2.45, 2.75) is 31.4 Å². The Morgan fingerprint density at radius 3 is 2.82 bits per heavy atom. The highest BCUT2D eigenvalue weighted by Crippen LogP contribution is 2.30. The van der Waals surface area contributed by atoms with Crippen molar-refractivity contribution in [2.75, 3.05) is 18.0 Å². The summed E-state index contributed by atoms with van der Waals surface area (Å²) in [5, 5.41) is 3.46. The highest BCUT2D eigenvalue weighted by Gasteiger charge is 2.08. The first kappa shape index (κ1) is 14.3. The summed E-state index contributed by atoms with van der Waals surface area (Å²) in [4.78, 5) is 15.7. The van der Waals surface area contributed by atoms with E-state index in [9.17, 15) is 4.79 Å². The monoisotopic (exact) mass is 273 g/mol. The second-order valence-electron chi connectivity index (χ2n) is 4.25. The van der Waals surface area contributed by atoms with Gasteiger partial charge < -0.3 is 11.1 Å². The van der Waals surface area contributed by atoms with Crippen LogP contribution in [-0.2, 0) is 4.79 Å². The van der Waals surface area contributed by atoms with E-state index in [1.807, 2.05) is 6.92 Å². The van der Waals surface area contributed by atoms with Gasteiger partial charge in [-0.2, -0.15) is 0 Å². The van der Waals surface area contributed by atoms with Crippen molar-refractivity contribution in [1.82, 2.24) is 10.3 Å². The van der Waals surface area contributed by atoms with Crippen LogP contribution in [0.3, 0.4) is 0 Å². The molecule has 0 aliphatic rings. The van der Waals surface area contributed by atoms with Crippen molar-refractivity contribution in [3.63, 3.8) is 0 Å². The van der Waals surface area contributed by atoms with Gasteiger partial charge in [-0.3, -0.25) is 4.79 Å². The van der Waals surface area contributed by atoms with Gasteiger partial charge in [0.1, 0.15) is 0 Å². The van der Waals surface area contributed by atoms with Crippen LogP contribution >= 0.6 is 23.1 Å². The highest BCUT2D eigenvalue weighted by atomic mass is 32.2. The molecule has 0 aliphatic carbocycles. The van der Waals surface area contributed by atoms with Crippen molar-refractivity contribution < 1.29 is 4.79 Å². The Morgan fingerprint density at radius 2 is 2.29 bits per heavy atom. The average molecular weight is 273 g/mol. The quantitative estimate of drug-likeness (QED) is 0.780. The third-order valence-electron chi connectivity index (χ3n) is 2.15. The number of amides is 1. The molecule has 0 atom stereocenters. The molecule has 0 aliphatic heterocycles. The van der Waals surface area contributed by atoms with Crippen LogP contribution in [0, 0.1) is 12.8 Å². The maximum atomic E-state index is 11.5. The number of nitrogens with two attached hydrogens (primary N) is 1. The lowest BCUT2D eigenvalue weighted by Gasteiger charge is -2.06. The van der Waals surface area contributed by atoms with E-state index in [0.717, 1.165) is 22.9 Å². The molecular formula is C11H19N3OS2. The number of aryl methyl sites for hydroxylation is 1. The number of carbonyl (C=O) groups excluding carboxylic acids is 1. The van der Waals surface area contributed by atoms with E-state index < -0.39 is 0 Å². The maximum absolute atomic E-state index is 11.5. The number of hydrogen-bond donors (Lipinski definition) is 2. The topological polar surface area (TPSA) is 68.0 Å². The molecular weight excluding hydrogens is 254 g/mol. The van der Waals surface area contributed by atoms with E-state index in [-0.39, 0.29) is 5.91 Å². The molecule has 0 saturated carbocycles. The largest absolute Gasteiger partial charge is 0.375 e. The van der Waals surface area contributed by atoms with Crippen LogP contribution in [0.4, 0.5) is 5.13 Å². The van der Waals surface area contributed by atoms with Crippen molar-refractivity contribution in [3.05, 3.63) is 5.69 Å². The van der Waals surface area contributed by atoms with Crippen LogP contribution < -0.4 is 11.1 Å². The summed E-state index contributed by atoms with van der Waals surface area (Å²) in [5.41, 5.74) is 6.50. The molecule has 1 aromatic heterocycles. The third kappa shape index (κ3) is 5.41. The molecule has 1 aromatic rings. The van der Waals surface area contributed by atoms with Crippen LogP contribution in [0.5, 0.6) is 0 Å². The summed E-state index contributed by atoms with van der Waals surface area (Å²) in [6.45, 7) is 6.95. The first-order chi connectivity index (χ1) is 7.99. The van der Waals surface area contributed by atoms with Crippen molar-refractivity contribution in [2.24, 2.45) is 5.92 Å². The van der Waals surface area contributed by atoms with Crippen molar-refractivity contribution >= 4 is 34.1 Å². The molecule has 0 saturated heterocycles. The Bertz CT molecular complexity index is 377. The van der Waals surface area contributed by atoms with Crippen LogP contribution in [0.1, 0.15) is 26.0 Å². The van der Waals surface area contributed by atoms with Crippen LogP contribution in [0.15, 0.2) is 4.21 Å². The fourth-order valence-corrected chi connectivity index (χ4v) is 3.07. The fraction of sp³-hybridized carbons (Fsp3) is 0.636. The number of thiazole rings is 1. The number of nitrogens with one attached hydrogen (secondary N) is 1. The third-order valence-corrected chi connectivity index (χ3v) is 4.50. The predicted molar refractivity (Wildman–Crippen MR) is 74.5 cm³/mol. The van der Waals surface area contributed by atoms with E-state index in [2.05, 4.69) is 24.1 Å². The highest BCUT2D eigenvalue weighted by molar-refractivity contribution is 8.01. The lowest BCUT2D eigenvalue weighted by atomic mass is 10.1. The molecule has 0 radical (unpaired) electrons. The Morgan fingerprint density at radius 1 is 1.59 bits per heavy atom. The van der Waals surface area contributed by atoms with Gasteiger partial charge in [0.05, 0.1) is 15.7 Å². The van der Waals surface area contributed by atoms with E-state index in [0.29, 0.717) is 16.8 Å². The first-order valence-corrected chi connectivity index (χ1v) is 7.41. The minimum Gasteiger partial charge on any atom is -0.375 e. The molecule has 1 heterocycles. The van der Waals surface area contributed by atoms with E-state index in [1.54, 1.807) is 0 Å². The molecule has 0 bridgehead atoms. The zero-order valence-corrected chi connectivity index (χ0v) is 12.1. The molecule has 3 N–H and O–H groups in total. The summed E-state index contributed by atoms with van der Waals surface area (Å²) in [7, 11) is 0. The molecule has 1 rings (SSSR count). The zero-order valence-electron chi connectivity index (χ0n) is 10.4. The van der Waals surface area contributed by atoms with Gasteiger partial charge in [-0.25, -0.2) is 4.98 Å². The number of carbonyl (C=O) groups is 1. The molecule has 0 spiro atoms. The number of anilines is 1. The minimum absolute atomic E-state index is 0.0713. The lowest BCUT2D eigenvalue weighted by molar-refractivity contribution is -0.118. The molecule has 0 aromatic carbocycles. The smallest absolute Gasteiger partial charge is 0.230 e. The van der Waals surface area contributed by atoms with Gasteiger partial charge in [-0.15, -0.1) is 11.8 Å². The molecule has 96 valence electrons. The molecule has 4 nitrogen and oxygen atoms in total. The lowest BCUT2D eigenvalue weighted by Crippen LogP contribution is -2.26. The average Bonchev–Trinajstić information content (AvgIpc) is 2.54. The summed E-state index contributed by atoms with van der Waals surface area (Å²) in [5.74, 6) is 1.12. The standard InChI is InChI=1S/C11H19N3OS2/c1-7(2)4-5-13-9(15)6-16-10-8(3)14-11(12)17-10/h7H,4-6H2,1-3H3,(H2,12,14)(H,13,15). The SMILES string of the molecule is Cc1nc(N)sc1SCC(=O)NCCC(C)C. The maximum Gasteiger partial charge on any atom is 0.230 e. The fourth-order valence-electron chi connectivity index (χ4n) is 1.22. The van der Waals surface area contributed by atoms with Crippen LogP contribution in [0.25, 0.3) is 0 Å². The van der Waals surface area contributed by atoms with Gasteiger partial charge in [-0.1, -0.05) is 25.2 Å². The predicted octanol–water partition coefficient (Wildman–Crippen LogP) is 2.29. The Labute approximate surface area is 110 Å². The number of thioether (sulfide) groups is 1. The Hall–Kier alpha value is -0.750. The summed E-state index contributed by atoms with van der Waals surface area (Å²) in [6, 6.07) is 0. The van der Waals surface area contributed by atoms with Crippen LogP contribution in [0.2, 0.25) is 0 Å². The van der Waals surface area contributed by atoms with Crippen molar-refractivity contribution in [1.29, 1.82) is 0 Å². The molecule has 1 amide bonds. The second kappa shape index (κ2) is 6.86. The van der Waals surface area contributed by atoms with Crippen molar-refractivity contribution in [3.8, 4) is 0 Å². The molecule has 17 heavy (non-hydrogen) atoms. The van der Waals surface area contributed by atoms with Gasteiger partial charge >= 0.3 is 0 Å². The van der Waals surface area contributed by atoms with Gasteiger partial charge in [0.25, 0.3) is 0 Å². The number of nitrogen functional groups attached to an aromatic ring is 1. The molecule has 0 unspecified atom stereocenters. The second-order valence-corrected chi connectivity index (χ2v) is 6.52. The van der Waals surface area contributed by atoms with Gasteiger partial charge in [0, 0.05) is 6.54 Å².